The van der Waals surface area contributed by atoms with Crippen molar-refractivity contribution in [2.45, 2.75) is 52.0 Å². The molecule has 18 heavy (non-hydrogen) atoms. The first-order valence-corrected chi connectivity index (χ1v) is 7.01. The normalized spacial score (nSPS) is 17.6. The van der Waals surface area contributed by atoms with Crippen molar-refractivity contribution in [2.24, 2.45) is 10.7 Å². The summed E-state index contributed by atoms with van der Waals surface area (Å²) in [7, 11) is 0. The third-order valence-electron chi connectivity index (χ3n) is 3.46. The smallest absolute Gasteiger partial charge is 0.244 e. The van der Waals surface area contributed by atoms with Crippen molar-refractivity contribution >= 4 is 11.9 Å². The van der Waals surface area contributed by atoms with Gasteiger partial charge in [-0.25, -0.2) is 4.99 Å². The summed E-state index contributed by atoms with van der Waals surface area (Å²) in [5.41, 5.74) is 5.80. The van der Waals surface area contributed by atoms with Crippen LogP contribution in [-0.2, 0) is 4.79 Å². The van der Waals surface area contributed by atoms with E-state index in [0.717, 1.165) is 25.9 Å². The zero-order chi connectivity index (χ0) is 13.4. The van der Waals surface area contributed by atoms with E-state index in [2.05, 4.69) is 10.3 Å². The fourth-order valence-corrected chi connectivity index (χ4v) is 2.33. The molecule has 0 spiro atoms. The summed E-state index contributed by atoms with van der Waals surface area (Å²) < 4.78 is 0. The molecule has 1 amide bonds. The van der Waals surface area contributed by atoms with Gasteiger partial charge in [0.15, 0.2) is 5.96 Å². The summed E-state index contributed by atoms with van der Waals surface area (Å²) in [5, 5.41) is 3.21. The van der Waals surface area contributed by atoms with E-state index in [0.29, 0.717) is 12.0 Å². The Morgan fingerprint density at radius 1 is 1.28 bits per heavy atom. The van der Waals surface area contributed by atoms with E-state index >= 15 is 0 Å². The van der Waals surface area contributed by atoms with Crippen LogP contribution in [0.1, 0.15) is 46.0 Å². The molecule has 0 radical (unpaired) electrons. The maximum atomic E-state index is 11.7. The predicted molar refractivity (Wildman–Crippen MR) is 74.4 cm³/mol. The molecule has 0 atom stereocenters. The molecule has 1 aliphatic rings. The zero-order valence-corrected chi connectivity index (χ0v) is 11.6. The van der Waals surface area contributed by atoms with Crippen LogP contribution in [0, 0.1) is 0 Å². The van der Waals surface area contributed by atoms with Crippen LogP contribution in [-0.4, -0.2) is 42.4 Å². The van der Waals surface area contributed by atoms with Gasteiger partial charge in [0.05, 0.1) is 0 Å². The summed E-state index contributed by atoms with van der Waals surface area (Å²) in [4.78, 5) is 17.6. The molecule has 3 N–H and O–H groups in total. The van der Waals surface area contributed by atoms with Crippen LogP contribution in [0.3, 0.4) is 0 Å². The van der Waals surface area contributed by atoms with Crippen LogP contribution in [0.5, 0.6) is 0 Å². The van der Waals surface area contributed by atoms with E-state index in [1.54, 1.807) is 4.90 Å². The number of carbonyl (C=O) groups excluding carboxylic acids is 1. The summed E-state index contributed by atoms with van der Waals surface area (Å²) >= 11 is 0. The van der Waals surface area contributed by atoms with Crippen molar-refractivity contribution in [2.75, 3.05) is 19.6 Å². The summed E-state index contributed by atoms with van der Waals surface area (Å²) in [6, 6.07) is 0.436. The molecule has 5 nitrogen and oxygen atoms in total. The van der Waals surface area contributed by atoms with Gasteiger partial charge in [0.2, 0.25) is 5.91 Å². The van der Waals surface area contributed by atoms with Gasteiger partial charge in [0, 0.05) is 19.1 Å². The number of aliphatic imine (C=N–C) groups is 1. The topological polar surface area (TPSA) is 70.7 Å². The number of hydrogen-bond acceptors (Lipinski definition) is 2. The zero-order valence-electron chi connectivity index (χ0n) is 11.6. The molecular formula is C13H26N4O. The van der Waals surface area contributed by atoms with Crippen molar-refractivity contribution in [1.82, 2.24) is 10.2 Å². The van der Waals surface area contributed by atoms with Crippen molar-refractivity contribution in [3.63, 3.8) is 0 Å². The number of carbonyl (C=O) groups is 1. The molecule has 1 aliphatic carbocycles. The van der Waals surface area contributed by atoms with E-state index in [9.17, 15) is 4.79 Å². The lowest BCUT2D eigenvalue weighted by atomic mass is 9.96. The average Bonchev–Trinajstić information content (AvgIpc) is 2.39. The molecule has 0 aromatic rings. The first-order chi connectivity index (χ1) is 8.67. The maximum absolute atomic E-state index is 11.7. The lowest BCUT2D eigenvalue weighted by Crippen LogP contribution is -2.42. The molecule has 0 saturated heterocycles. The summed E-state index contributed by atoms with van der Waals surface area (Å²) in [6.07, 6.45) is 6.13. The number of hydrogen-bond donors (Lipinski definition) is 2. The number of nitrogens with zero attached hydrogens (tertiary/aromatic N) is 2. The molecule has 5 heteroatoms. The van der Waals surface area contributed by atoms with Gasteiger partial charge in [0.25, 0.3) is 0 Å². The highest BCUT2D eigenvalue weighted by Crippen LogP contribution is 2.16. The average molecular weight is 254 g/mol. The Kier molecular flexibility index (Phi) is 6.54. The minimum absolute atomic E-state index is 0.0356. The fraction of sp³-hybridized carbons (Fsp3) is 0.846. The molecular weight excluding hydrogens is 228 g/mol. The number of likely N-dealkylation sites (N-methyl/N-ethyl adjacent to an activating group) is 1. The second-order valence-electron chi connectivity index (χ2n) is 4.75. The molecule has 1 saturated carbocycles. The number of nitrogens with two attached hydrogens (primary N) is 1. The Morgan fingerprint density at radius 2 is 1.89 bits per heavy atom. The minimum atomic E-state index is 0.0356. The summed E-state index contributed by atoms with van der Waals surface area (Å²) in [6.45, 7) is 5.53. The van der Waals surface area contributed by atoms with E-state index in [-0.39, 0.29) is 12.5 Å². The van der Waals surface area contributed by atoms with Gasteiger partial charge < -0.3 is 16.0 Å². The van der Waals surface area contributed by atoms with Crippen LogP contribution in [0.15, 0.2) is 4.99 Å². The number of rotatable bonds is 5. The highest BCUT2D eigenvalue weighted by molar-refractivity contribution is 5.84. The van der Waals surface area contributed by atoms with E-state index in [1.165, 1.54) is 19.3 Å². The Labute approximate surface area is 110 Å². The summed E-state index contributed by atoms with van der Waals surface area (Å²) in [5.74, 6) is 0.441. The van der Waals surface area contributed by atoms with Crippen LogP contribution >= 0.6 is 0 Å². The third kappa shape index (κ3) is 4.94. The number of amides is 1. The largest absolute Gasteiger partial charge is 0.370 e. The molecule has 1 fully saturated rings. The quantitative estimate of drug-likeness (QED) is 0.570. The van der Waals surface area contributed by atoms with Gasteiger partial charge >= 0.3 is 0 Å². The van der Waals surface area contributed by atoms with Gasteiger partial charge in [-0.05, 0) is 26.7 Å². The lowest BCUT2D eigenvalue weighted by molar-refractivity contribution is -0.129. The van der Waals surface area contributed by atoms with Gasteiger partial charge in [-0.2, -0.15) is 0 Å². The van der Waals surface area contributed by atoms with Crippen LogP contribution in [0.25, 0.3) is 0 Å². The van der Waals surface area contributed by atoms with Gasteiger partial charge in [-0.15, -0.1) is 0 Å². The SMILES string of the molecule is CCN(CC)C(=O)CN=C(N)NC1CCCCC1. The predicted octanol–water partition coefficient (Wildman–Crippen LogP) is 1.09. The minimum Gasteiger partial charge on any atom is -0.370 e. The third-order valence-corrected chi connectivity index (χ3v) is 3.46. The van der Waals surface area contributed by atoms with Gasteiger partial charge in [-0.1, -0.05) is 19.3 Å². The molecule has 0 unspecified atom stereocenters. The van der Waals surface area contributed by atoms with Crippen LogP contribution in [0.4, 0.5) is 0 Å². The van der Waals surface area contributed by atoms with Gasteiger partial charge in [-0.3, -0.25) is 4.79 Å². The van der Waals surface area contributed by atoms with Crippen molar-refractivity contribution in [3.8, 4) is 0 Å². The van der Waals surface area contributed by atoms with Crippen molar-refractivity contribution < 1.29 is 4.79 Å². The Morgan fingerprint density at radius 3 is 2.44 bits per heavy atom. The first kappa shape index (κ1) is 14.8. The second kappa shape index (κ2) is 7.95. The molecule has 1 rings (SSSR count). The first-order valence-electron chi connectivity index (χ1n) is 7.01. The molecule has 0 bridgehead atoms. The fourth-order valence-electron chi connectivity index (χ4n) is 2.33. The maximum Gasteiger partial charge on any atom is 0.244 e. The highest BCUT2D eigenvalue weighted by atomic mass is 16.2. The Bertz CT molecular complexity index is 281. The Balaban J connectivity index is 2.33. The molecule has 104 valence electrons. The van der Waals surface area contributed by atoms with Crippen molar-refractivity contribution in [3.05, 3.63) is 0 Å². The van der Waals surface area contributed by atoms with Crippen LogP contribution < -0.4 is 11.1 Å². The monoisotopic (exact) mass is 254 g/mol. The van der Waals surface area contributed by atoms with E-state index < -0.39 is 0 Å². The molecule has 0 aliphatic heterocycles. The molecule has 0 heterocycles. The van der Waals surface area contributed by atoms with E-state index in [4.69, 9.17) is 5.73 Å². The van der Waals surface area contributed by atoms with E-state index in [1.807, 2.05) is 13.8 Å². The number of nitrogens with one attached hydrogen (secondary N) is 1. The molecule has 0 aromatic heterocycles. The van der Waals surface area contributed by atoms with Crippen LogP contribution in [0.2, 0.25) is 0 Å². The van der Waals surface area contributed by atoms with Crippen molar-refractivity contribution in [1.29, 1.82) is 0 Å². The lowest BCUT2D eigenvalue weighted by Gasteiger charge is -2.23. The standard InChI is InChI=1S/C13H26N4O/c1-3-17(4-2)12(18)10-15-13(14)16-11-8-6-5-7-9-11/h11H,3-10H2,1-2H3,(H3,14,15,16). The Hall–Kier alpha value is -1.26. The second-order valence-corrected chi connectivity index (χ2v) is 4.75. The van der Waals surface area contributed by atoms with Gasteiger partial charge in [0.1, 0.15) is 6.54 Å². The molecule has 0 aromatic carbocycles. The highest BCUT2D eigenvalue weighted by Gasteiger charge is 2.14. The number of guanidine groups is 1.